The number of unbranched alkanes of at least 4 members (excludes halogenated alkanes) is 5. The Hall–Kier alpha value is -2.43. The van der Waals surface area contributed by atoms with Gasteiger partial charge in [-0.3, -0.25) is 4.90 Å². The van der Waals surface area contributed by atoms with E-state index in [0.717, 1.165) is 25.3 Å². The molecule has 35 heavy (non-hydrogen) atoms. The van der Waals surface area contributed by atoms with Crippen molar-refractivity contribution in [3.05, 3.63) is 78.4 Å². The minimum absolute atomic E-state index is 0.585. The number of hydrogen-bond acceptors (Lipinski definition) is 4. The third kappa shape index (κ3) is 6.05. The van der Waals surface area contributed by atoms with Gasteiger partial charge in [0.15, 0.2) is 0 Å². The van der Waals surface area contributed by atoms with Gasteiger partial charge in [0, 0.05) is 22.4 Å². The molecule has 184 valence electrons. The zero-order valence-electron chi connectivity index (χ0n) is 21.0. The van der Waals surface area contributed by atoms with Gasteiger partial charge in [-0.25, -0.2) is 0 Å². The highest BCUT2D eigenvalue weighted by molar-refractivity contribution is 7.99. The number of ether oxygens (including phenoxy) is 1. The van der Waals surface area contributed by atoms with Crippen molar-refractivity contribution in [3.8, 4) is 5.75 Å². The van der Waals surface area contributed by atoms with Crippen LogP contribution < -0.4 is 9.64 Å². The fraction of sp³-hybridized carbons (Fsp3) is 0.419. The molecule has 2 aliphatic heterocycles. The van der Waals surface area contributed by atoms with E-state index in [4.69, 9.17) is 4.74 Å². The van der Waals surface area contributed by atoms with Crippen LogP contribution in [0.2, 0.25) is 0 Å². The molecule has 2 heterocycles. The van der Waals surface area contributed by atoms with Crippen molar-refractivity contribution in [2.24, 2.45) is 0 Å². The van der Waals surface area contributed by atoms with Crippen molar-refractivity contribution >= 4 is 23.1 Å². The van der Waals surface area contributed by atoms with Gasteiger partial charge in [-0.2, -0.15) is 0 Å². The highest BCUT2D eigenvalue weighted by Gasteiger charge is 2.23. The molecule has 1 unspecified atom stereocenters. The Morgan fingerprint density at radius 1 is 0.771 bits per heavy atom. The van der Waals surface area contributed by atoms with E-state index in [1.54, 1.807) is 0 Å². The van der Waals surface area contributed by atoms with Crippen LogP contribution in [0.3, 0.4) is 0 Å². The van der Waals surface area contributed by atoms with E-state index in [1.807, 2.05) is 11.8 Å². The predicted molar refractivity (Wildman–Crippen MR) is 148 cm³/mol. The summed E-state index contributed by atoms with van der Waals surface area (Å²) >= 11 is 1.89. The minimum Gasteiger partial charge on any atom is -0.494 e. The number of hydrogen-bond donors (Lipinski definition) is 0. The summed E-state index contributed by atoms with van der Waals surface area (Å²) in [7, 11) is 2.23. The second-order valence-corrected chi connectivity index (χ2v) is 11.0. The molecule has 0 radical (unpaired) electrons. The van der Waals surface area contributed by atoms with Crippen LogP contribution >= 0.6 is 11.8 Å². The zero-order valence-corrected chi connectivity index (χ0v) is 21.8. The third-order valence-electron chi connectivity index (χ3n) is 7.36. The first-order chi connectivity index (χ1) is 17.3. The van der Waals surface area contributed by atoms with Crippen molar-refractivity contribution < 1.29 is 4.74 Å². The van der Waals surface area contributed by atoms with Crippen LogP contribution in [0.4, 0.5) is 11.4 Å². The Morgan fingerprint density at radius 2 is 1.40 bits per heavy atom. The van der Waals surface area contributed by atoms with E-state index in [0.29, 0.717) is 6.04 Å². The van der Waals surface area contributed by atoms with Crippen molar-refractivity contribution in [2.75, 3.05) is 31.6 Å². The standard InChI is InChI=1S/C31H38N2OS/c1-32-22-12-15-27(32)25-18-20-26(21-19-25)34-24-11-5-3-2-4-10-23-33-28-13-6-8-16-30(28)35-31-17-9-7-14-29(31)33/h6-9,13-14,16-21,27H,2-5,10-12,15,22-24H2,1H3. The lowest BCUT2D eigenvalue weighted by molar-refractivity contribution is 0.302. The summed E-state index contributed by atoms with van der Waals surface area (Å²) in [5.41, 5.74) is 4.14. The Labute approximate surface area is 215 Å². The maximum Gasteiger partial charge on any atom is 0.119 e. The number of fused-ring (bicyclic) bond motifs is 2. The van der Waals surface area contributed by atoms with Gasteiger partial charge in [0.05, 0.1) is 18.0 Å². The molecule has 3 nitrogen and oxygen atoms in total. The van der Waals surface area contributed by atoms with Crippen molar-refractivity contribution in [2.45, 2.75) is 67.2 Å². The molecule has 3 aromatic rings. The molecule has 3 aromatic carbocycles. The van der Waals surface area contributed by atoms with E-state index >= 15 is 0 Å². The quantitative estimate of drug-likeness (QED) is 0.252. The molecule has 5 rings (SSSR count). The highest BCUT2D eigenvalue weighted by Crippen LogP contribution is 2.47. The van der Waals surface area contributed by atoms with Crippen LogP contribution in [0, 0.1) is 0 Å². The lowest BCUT2D eigenvalue weighted by atomic mass is 10.0. The lowest BCUT2D eigenvalue weighted by Crippen LogP contribution is -2.21. The summed E-state index contributed by atoms with van der Waals surface area (Å²) in [5, 5.41) is 0. The fourth-order valence-corrected chi connectivity index (χ4v) is 6.50. The maximum atomic E-state index is 6.00. The van der Waals surface area contributed by atoms with Gasteiger partial charge in [-0.05, 0) is 81.2 Å². The van der Waals surface area contributed by atoms with Gasteiger partial charge in [0.2, 0.25) is 0 Å². The van der Waals surface area contributed by atoms with Crippen LogP contribution in [-0.4, -0.2) is 31.6 Å². The lowest BCUT2D eigenvalue weighted by Gasteiger charge is -2.32. The van der Waals surface area contributed by atoms with Crippen LogP contribution in [-0.2, 0) is 0 Å². The van der Waals surface area contributed by atoms with Gasteiger partial charge in [0.1, 0.15) is 5.75 Å². The molecule has 1 atom stereocenters. The third-order valence-corrected chi connectivity index (χ3v) is 8.49. The average molecular weight is 487 g/mol. The molecule has 0 aromatic heterocycles. The van der Waals surface area contributed by atoms with Gasteiger partial charge >= 0.3 is 0 Å². The van der Waals surface area contributed by atoms with E-state index < -0.39 is 0 Å². The second-order valence-electron chi connectivity index (χ2n) is 9.87. The molecule has 4 heteroatoms. The number of benzene rings is 3. The Bertz CT molecular complexity index is 1040. The second kappa shape index (κ2) is 12.0. The Kier molecular flexibility index (Phi) is 8.33. The predicted octanol–water partition coefficient (Wildman–Crippen LogP) is 8.48. The summed E-state index contributed by atoms with van der Waals surface area (Å²) in [4.78, 5) is 7.71. The number of para-hydroxylation sites is 2. The van der Waals surface area contributed by atoms with E-state index in [2.05, 4.69) is 89.6 Å². The summed E-state index contributed by atoms with van der Waals surface area (Å²) in [6, 6.07) is 27.0. The Balaban J connectivity index is 0.981. The molecule has 1 fully saturated rings. The summed E-state index contributed by atoms with van der Waals surface area (Å²) in [6.07, 6.45) is 10.1. The van der Waals surface area contributed by atoms with Gasteiger partial charge in [-0.1, -0.05) is 73.8 Å². The molecule has 0 aliphatic carbocycles. The number of likely N-dealkylation sites (tertiary alicyclic amines) is 1. The monoisotopic (exact) mass is 486 g/mol. The summed E-state index contributed by atoms with van der Waals surface area (Å²) in [6.45, 7) is 3.12. The van der Waals surface area contributed by atoms with Crippen LogP contribution in [0.5, 0.6) is 5.75 Å². The minimum atomic E-state index is 0.585. The molecular weight excluding hydrogens is 448 g/mol. The van der Waals surface area contributed by atoms with Crippen LogP contribution in [0.1, 0.15) is 63.0 Å². The molecule has 0 amide bonds. The molecule has 0 saturated carbocycles. The molecule has 0 N–H and O–H groups in total. The first-order valence-electron chi connectivity index (χ1n) is 13.4. The van der Waals surface area contributed by atoms with Crippen LogP contribution in [0.25, 0.3) is 0 Å². The molecular formula is C31H38N2OS. The van der Waals surface area contributed by atoms with E-state index in [-0.39, 0.29) is 0 Å². The van der Waals surface area contributed by atoms with E-state index in [9.17, 15) is 0 Å². The normalized spacial score (nSPS) is 17.3. The van der Waals surface area contributed by atoms with Crippen molar-refractivity contribution in [1.82, 2.24) is 4.90 Å². The van der Waals surface area contributed by atoms with Crippen molar-refractivity contribution in [3.63, 3.8) is 0 Å². The van der Waals surface area contributed by atoms with Gasteiger partial charge in [0.25, 0.3) is 0 Å². The summed E-state index contributed by atoms with van der Waals surface area (Å²) in [5.74, 6) is 1.01. The maximum absolute atomic E-state index is 6.00. The van der Waals surface area contributed by atoms with Crippen LogP contribution in [0.15, 0.2) is 82.6 Å². The fourth-order valence-electron chi connectivity index (χ4n) is 5.41. The molecule has 2 aliphatic rings. The highest BCUT2D eigenvalue weighted by atomic mass is 32.2. The SMILES string of the molecule is CN1CCCC1c1ccc(OCCCCCCCCN2c3ccccc3Sc3ccccc32)cc1. The topological polar surface area (TPSA) is 15.7 Å². The average Bonchev–Trinajstić information content (AvgIpc) is 3.33. The molecule has 0 bridgehead atoms. The number of nitrogens with zero attached hydrogens (tertiary/aromatic N) is 2. The smallest absolute Gasteiger partial charge is 0.119 e. The molecule has 1 saturated heterocycles. The zero-order chi connectivity index (χ0) is 23.9. The van der Waals surface area contributed by atoms with Crippen molar-refractivity contribution in [1.29, 1.82) is 0 Å². The first kappa shape index (κ1) is 24.3. The Morgan fingerprint density at radius 3 is 2.06 bits per heavy atom. The number of rotatable bonds is 11. The van der Waals surface area contributed by atoms with Gasteiger partial charge in [-0.15, -0.1) is 0 Å². The van der Waals surface area contributed by atoms with Gasteiger partial charge < -0.3 is 9.64 Å². The summed E-state index contributed by atoms with van der Waals surface area (Å²) < 4.78 is 6.00. The largest absolute Gasteiger partial charge is 0.494 e. The number of anilines is 2. The molecule has 0 spiro atoms. The first-order valence-corrected chi connectivity index (χ1v) is 14.2. The van der Waals surface area contributed by atoms with E-state index in [1.165, 1.54) is 78.2 Å².